The number of carbonyl (C=O) groups is 2. The Balaban J connectivity index is 1.86. The molecule has 1 amide bonds. The molecule has 3 rings (SSSR count). The molecule has 0 radical (unpaired) electrons. The Morgan fingerprint density at radius 2 is 1.84 bits per heavy atom. The molecule has 1 aromatic carbocycles. The molecular weight excluding hydrogens is 392 g/mol. The van der Waals surface area contributed by atoms with Crippen molar-refractivity contribution in [3.8, 4) is 5.75 Å². The van der Waals surface area contributed by atoms with Crippen LogP contribution in [0.4, 0.5) is 4.79 Å². The van der Waals surface area contributed by atoms with Crippen molar-refractivity contribution in [2.24, 2.45) is 5.41 Å². The Bertz CT molecular complexity index is 810. The molecule has 1 fully saturated rings. The van der Waals surface area contributed by atoms with Crippen LogP contribution >= 0.6 is 0 Å². The van der Waals surface area contributed by atoms with Crippen molar-refractivity contribution in [1.29, 1.82) is 0 Å². The van der Waals surface area contributed by atoms with Gasteiger partial charge in [-0.25, -0.2) is 4.79 Å². The fourth-order valence-electron chi connectivity index (χ4n) is 4.29. The van der Waals surface area contributed by atoms with Crippen molar-refractivity contribution in [3.05, 3.63) is 54.3 Å². The van der Waals surface area contributed by atoms with E-state index in [2.05, 4.69) is 24.9 Å². The first-order chi connectivity index (χ1) is 15.0. The number of benzene rings is 1. The molecule has 2 aliphatic rings. The lowest BCUT2D eigenvalue weighted by atomic mass is 9.71. The number of hydrogen-bond donors (Lipinski definition) is 0. The largest absolute Gasteiger partial charge is 0.465 e. The number of amides is 1. The second kappa shape index (κ2) is 10.6. The Kier molecular flexibility index (Phi) is 7.91. The molecule has 1 aromatic rings. The van der Waals surface area contributed by atoms with E-state index >= 15 is 0 Å². The Hall–Kier alpha value is -2.60. The average Bonchev–Trinajstić information content (AvgIpc) is 2.79. The van der Waals surface area contributed by atoms with Gasteiger partial charge >= 0.3 is 12.1 Å². The van der Waals surface area contributed by atoms with Crippen LogP contribution < -0.4 is 4.74 Å². The quantitative estimate of drug-likeness (QED) is 0.588. The van der Waals surface area contributed by atoms with Gasteiger partial charge in [-0.3, -0.25) is 9.69 Å². The highest BCUT2D eigenvalue weighted by atomic mass is 16.6. The van der Waals surface area contributed by atoms with Crippen molar-refractivity contribution < 1.29 is 19.1 Å². The minimum Gasteiger partial charge on any atom is -0.465 e. The number of nitrogens with zero attached hydrogens (tertiary/aromatic N) is 2. The van der Waals surface area contributed by atoms with E-state index in [9.17, 15) is 9.59 Å². The molecule has 0 saturated carbocycles. The molecule has 2 heterocycles. The number of carbonyl (C=O) groups excluding carboxylic acids is 2. The minimum atomic E-state index is -0.654. The van der Waals surface area contributed by atoms with E-state index in [0.29, 0.717) is 25.2 Å². The number of para-hydroxylation sites is 1. The molecule has 1 atom stereocenters. The average molecular weight is 427 g/mol. The Labute approximate surface area is 185 Å². The first-order valence-corrected chi connectivity index (χ1v) is 11.3. The summed E-state index contributed by atoms with van der Waals surface area (Å²) < 4.78 is 11.1. The summed E-state index contributed by atoms with van der Waals surface area (Å²) in [7, 11) is 2.07. The molecule has 168 valence electrons. The number of rotatable bonds is 7. The number of likely N-dealkylation sites (tertiary alicyclic amines) is 1. The predicted molar refractivity (Wildman–Crippen MR) is 121 cm³/mol. The maximum Gasteiger partial charge on any atom is 0.419 e. The molecule has 6 nitrogen and oxygen atoms in total. The van der Waals surface area contributed by atoms with Gasteiger partial charge in [0.2, 0.25) is 0 Å². The van der Waals surface area contributed by atoms with E-state index in [4.69, 9.17) is 9.47 Å². The summed E-state index contributed by atoms with van der Waals surface area (Å²) in [4.78, 5) is 29.9. The molecule has 0 aliphatic carbocycles. The summed E-state index contributed by atoms with van der Waals surface area (Å²) in [6.07, 6.45) is 9.60. The van der Waals surface area contributed by atoms with Crippen LogP contribution in [0.1, 0.15) is 46.0 Å². The van der Waals surface area contributed by atoms with Gasteiger partial charge in [0.1, 0.15) is 5.75 Å². The zero-order valence-corrected chi connectivity index (χ0v) is 18.9. The van der Waals surface area contributed by atoms with Crippen LogP contribution in [0.5, 0.6) is 5.75 Å². The van der Waals surface area contributed by atoms with Gasteiger partial charge in [-0.2, -0.15) is 0 Å². The fraction of sp³-hybridized carbons (Fsp3) is 0.520. The number of unbranched alkanes of at least 4 members (excludes halogenated alkanes) is 1. The smallest absolute Gasteiger partial charge is 0.419 e. The van der Waals surface area contributed by atoms with Crippen molar-refractivity contribution in [2.75, 3.05) is 26.7 Å². The summed E-state index contributed by atoms with van der Waals surface area (Å²) in [5.41, 5.74) is 0.308. The number of allylic oxidation sites excluding steroid dienone is 1. The minimum absolute atomic E-state index is 0.151. The second-order valence-corrected chi connectivity index (χ2v) is 8.34. The SMILES string of the molecule is CCCCC1C=C(C2(C(=O)OCC)CCN(C)CC2)C=CN1C(=O)Oc1ccccc1. The van der Waals surface area contributed by atoms with Gasteiger partial charge < -0.3 is 14.4 Å². The van der Waals surface area contributed by atoms with Crippen LogP contribution in [0.2, 0.25) is 0 Å². The normalized spacial score (nSPS) is 20.8. The number of esters is 1. The zero-order chi connectivity index (χ0) is 22.3. The van der Waals surface area contributed by atoms with Crippen molar-refractivity contribution in [1.82, 2.24) is 9.80 Å². The highest BCUT2D eigenvalue weighted by Crippen LogP contribution is 2.42. The van der Waals surface area contributed by atoms with Gasteiger partial charge in [-0.1, -0.05) is 44.0 Å². The summed E-state index contributed by atoms with van der Waals surface area (Å²) >= 11 is 0. The van der Waals surface area contributed by atoms with Crippen LogP contribution in [0.15, 0.2) is 54.3 Å². The van der Waals surface area contributed by atoms with E-state index in [-0.39, 0.29) is 12.0 Å². The van der Waals surface area contributed by atoms with Gasteiger partial charge in [0.05, 0.1) is 18.1 Å². The highest BCUT2D eigenvalue weighted by Gasteiger charge is 2.45. The maximum absolute atomic E-state index is 13.1. The first-order valence-electron chi connectivity index (χ1n) is 11.3. The van der Waals surface area contributed by atoms with E-state index in [0.717, 1.165) is 37.9 Å². The molecule has 0 N–H and O–H groups in total. The molecular formula is C25H34N2O4. The fourth-order valence-corrected chi connectivity index (χ4v) is 4.29. The van der Waals surface area contributed by atoms with Crippen LogP contribution in [-0.4, -0.2) is 54.6 Å². The van der Waals surface area contributed by atoms with Crippen LogP contribution in [-0.2, 0) is 9.53 Å². The molecule has 6 heteroatoms. The van der Waals surface area contributed by atoms with Gasteiger partial charge in [0.25, 0.3) is 0 Å². The third-order valence-corrected chi connectivity index (χ3v) is 6.22. The van der Waals surface area contributed by atoms with Crippen LogP contribution in [0.3, 0.4) is 0 Å². The molecule has 1 saturated heterocycles. The predicted octanol–water partition coefficient (Wildman–Crippen LogP) is 4.78. The third kappa shape index (κ3) is 5.37. The highest BCUT2D eigenvalue weighted by molar-refractivity contribution is 5.82. The van der Waals surface area contributed by atoms with E-state index in [1.807, 2.05) is 31.2 Å². The Morgan fingerprint density at radius 1 is 1.13 bits per heavy atom. The third-order valence-electron chi connectivity index (χ3n) is 6.22. The monoisotopic (exact) mass is 426 g/mol. The van der Waals surface area contributed by atoms with Gasteiger partial charge in [0.15, 0.2) is 0 Å². The number of piperidine rings is 1. The van der Waals surface area contributed by atoms with Crippen molar-refractivity contribution >= 4 is 12.1 Å². The molecule has 2 aliphatic heterocycles. The number of hydrogen-bond acceptors (Lipinski definition) is 5. The lowest BCUT2D eigenvalue weighted by Gasteiger charge is -2.41. The van der Waals surface area contributed by atoms with E-state index < -0.39 is 11.5 Å². The first kappa shape index (κ1) is 23.1. The molecule has 1 unspecified atom stereocenters. The molecule has 0 aromatic heterocycles. The van der Waals surface area contributed by atoms with Crippen LogP contribution in [0.25, 0.3) is 0 Å². The topological polar surface area (TPSA) is 59.1 Å². The summed E-state index contributed by atoms with van der Waals surface area (Å²) in [5.74, 6) is 0.358. The number of ether oxygens (including phenoxy) is 2. The second-order valence-electron chi connectivity index (χ2n) is 8.34. The lowest BCUT2D eigenvalue weighted by molar-refractivity contribution is -0.155. The van der Waals surface area contributed by atoms with Gasteiger partial charge in [0, 0.05) is 6.20 Å². The van der Waals surface area contributed by atoms with Crippen LogP contribution in [0, 0.1) is 5.41 Å². The standard InChI is InChI=1S/C25H34N2O4/c1-4-6-10-21-19-20(25(23(28)30-5-2)14-17-26(3)18-15-25)13-16-27(21)24(29)31-22-11-8-7-9-12-22/h7-9,11-13,16,19,21H,4-6,10,14-15,17-18H2,1-3H3. The van der Waals surface area contributed by atoms with E-state index in [1.165, 1.54) is 0 Å². The van der Waals surface area contributed by atoms with E-state index in [1.54, 1.807) is 23.2 Å². The molecule has 0 bridgehead atoms. The van der Waals surface area contributed by atoms with Gasteiger partial charge in [-0.15, -0.1) is 0 Å². The summed E-state index contributed by atoms with van der Waals surface area (Å²) in [5, 5.41) is 0. The van der Waals surface area contributed by atoms with Crippen molar-refractivity contribution in [2.45, 2.75) is 52.0 Å². The molecule has 31 heavy (non-hydrogen) atoms. The lowest BCUT2D eigenvalue weighted by Crippen LogP contribution is -2.47. The summed E-state index contributed by atoms with van der Waals surface area (Å²) in [6, 6.07) is 8.94. The summed E-state index contributed by atoms with van der Waals surface area (Å²) in [6.45, 7) is 6.01. The van der Waals surface area contributed by atoms with Crippen molar-refractivity contribution in [3.63, 3.8) is 0 Å². The molecule has 0 spiro atoms. The maximum atomic E-state index is 13.1. The van der Waals surface area contributed by atoms with Gasteiger partial charge in [-0.05, 0) is 70.1 Å². The Morgan fingerprint density at radius 3 is 2.48 bits per heavy atom. The zero-order valence-electron chi connectivity index (χ0n) is 18.9.